The largest absolute Gasteiger partial charge is 0.313 e. The van der Waals surface area contributed by atoms with Crippen molar-refractivity contribution >= 4 is 6.08 Å². The van der Waals surface area contributed by atoms with Gasteiger partial charge in [0.15, 0.2) is 0 Å². The highest BCUT2D eigenvalue weighted by molar-refractivity contribution is 5.57. The Bertz CT molecular complexity index is 427. The van der Waals surface area contributed by atoms with Crippen molar-refractivity contribution in [2.45, 2.75) is 52.4 Å². The van der Waals surface area contributed by atoms with Crippen molar-refractivity contribution in [3.05, 3.63) is 41.0 Å². The zero-order chi connectivity index (χ0) is 14.2. The molecule has 110 valence electrons. The van der Waals surface area contributed by atoms with Crippen LogP contribution in [-0.4, -0.2) is 13.1 Å². The second kappa shape index (κ2) is 8.26. The Morgan fingerprint density at radius 3 is 2.65 bits per heavy atom. The van der Waals surface area contributed by atoms with E-state index in [0.29, 0.717) is 0 Å². The van der Waals surface area contributed by atoms with Crippen molar-refractivity contribution < 1.29 is 0 Å². The van der Waals surface area contributed by atoms with Gasteiger partial charge < -0.3 is 5.32 Å². The van der Waals surface area contributed by atoms with Gasteiger partial charge in [-0.25, -0.2) is 0 Å². The van der Waals surface area contributed by atoms with Crippen molar-refractivity contribution in [3.63, 3.8) is 0 Å². The van der Waals surface area contributed by atoms with Crippen molar-refractivity contribution in [3.8, 4) is 0 Å². The number of benzene rings is 1. The molecule has 2 rings (SSSR count). The maximum atomic E-state index is 3.60. The highest BCUT2D eigenvalue weighted by atomic mass is 14.8. The third-order valence-corrected chi connectivity index (χ3v) is 4.41. The SMILES string of the molecule is CCCNC/C(=C/c1ccccc1C)C1CCCCC1. The molecule has 0 bridgehead atoms. The first kappa shape index (κ1) is 15.3. The molecule has 1 aromatic rings. The number of hydrogen-bond acceptors (Lipinski definition) is 1. The van der Waals surface area contributed by atoms with Crippen molar-refractivity contribution in [2.75, 3.05) is 13.1 Å². The Balaban J connectivity index is 2.13. The molecule has 0 aromatic heterocycles. The van der Waals surface area contributed by atoms with E-state index >= 15 is 0 Å². The summed E-state index contributed by atoms with van der Waals surface area (Å²) in [5.41, 5.74) is 4.40. The summed E-state index contributed by atoms with van der Waals surface area (Å²) in [4.78, 5) is 0. The van der Waals surface area contributed by atoms with Gasteiger partial charge in [0.25, 0.3) is 0 Å². The molecule has 0 heterocycles. The Morgan fingerprint density at radius 1 is 1.20 bits per heavy atom. The van der Waals surface area contributed by atoms with Crippen LogP contribution < -0.4 is 5.32 Å². The quantitative estimate of drug-likeness (QED) is 0.721. The topological polar surface area (TPSA) is 12.0 Å². The molecule has 0 saturated heterocycles. The van der Waals surface area contributed by atoms with Crippen LogP contribution in [0.3, 0.4) is 0 Å². The van der Waals surface area contributed by atoms with Crippen LogP contribution in [0.2, 0.25) is 0 Å². The molecule has 0 unspecified atom stereocenters. The number of hydrogen-bond donors (Lipinski definition) is 1. The molecule has 1 aliphatic rings. The van der Waals surface area contributed by atoms with Crippen LogP contribution in [0.1, 0.15) is 56.6 Å². The van der Waals surface area contributed by atoms with Gasteiger partial charge in [-0.3, -0.25) is 0 Å². The van der Waals surface area contributed by atoms with Gasteiger partial charge in [-0.15, -0.1) is 0 Å². The lowest BCUT2D eigenvalue weighted by molar-refractivity contribution is 0.396. The normalized spacial score (nSPS) is 17.4. The monoisotopic (exact) mass is 271 g/mol. The third kappa shape index (κ3) is 4.49. The summed E-state index contributed by atoms with van der Waals surface area (Å²) in [6, 6.07) is 8.74. The molecule has 1 heteroatoms. The van der Waals surface area contributed by atoms with E-state index < -0.39 is 0 Å². The van der Waals surface area contributed by atoms with E-state index in [0.717, 1.165) is 19.0 Å². The third-order valence-electron chi connectivity index (χ3n) is 4.41. The first-order chi connectivity index (χ1) is 9.81. The molecule has 20 heavy (non-hydrogen) atoms. The fourth-order valence-electron chi connectivity index (χ4n) is 3.14. The molecule has 1 aromatic carbocycles. The minimum absolute atomic E-state index is 0.799. The lowest BCUT2D eigenvalue weighted by atomic mass is 9.82. The molecule has 0 atom stereocenters. The molecule has 1 aliphatic carbocycles. The van der Waals surface area contributed by atoms with E-state index in [1.807, 2.05) is 0 Å². The van der Waals surface area contributed by atoms with E-state index in [-0.39, 0.29) is 0 Å². The van der Waals surface area contributed by atoms with E-state index in [9.17, 15) is 0 Å². The first-order valence-corrected chi connectivity index (χ1v) is 8.28. The highest BCUT2D eigenvalue weighted by Gasteiger charge is 2.17. The highest BCUT2D eigenvalue weighted by Crippen LogP contribution is 2.31. The van der Waals surface area contributed by atoms with Gasteiger partial charge in [-0.2, -0.15) is 0 Å². The van der Waals surface area contributed by atoms with Gasteiger partial charge in [0.05, 0.1) is 0 Å². The Kier molecular flexibility index (Phi) is 6.32. The minimum Gasteiger partial charge on any atom is -0.313 e. The second-order valence-corrected chi connectivity index (χ2v) is 6.09. The van der Waals surface area contributed by atoms with Gasteiger partial charge in [0, 0.05) is 6.54 Å². The van der Waals surface area contributed by atoms with Crippen LogP contribution in [0.5, 0.6) is 0 Å². The summed E-state index contributed by atoms with van der Waals surface area (Å²) < 4.78 is 0. The van der Waals surface area contributed by atoms with Crippen molar-refractivity contribution in [1.82, 2.24) is 5.32 Å². The standard InChI is InChI=1S/C19H29N/c1-3-13-20-15-19(17-10-5-4-6-11-17)14-18-12-8-7-9-16(18)2/h7-9,12,14,17,20H,3-6,10-11,13,15H2,1-2H3/b19-14-. The number of rotatable bonds is 6. The molecule has 1 fully saturated rings. The van der Waals surface area contributed by atoms with Crippen molar-refractivity contribution in [1.29, 1.82) is 0 Å². The Hall–Kier alpha value is -1.08. The first-order valence-electron chi connectivity index (χ1n) is 8.28. The van der Waals surface area contributed by atoms with E-state index in [2.05, 4.69) is 49.5 Å². The summed E-state index contributed by atoms with van der Waals surface area (Å²) in [6.45, 7) is 6.63. The van der Waals surface area contributed by atoms with Crippen LogP contribution in [0, 0.1) is 12.8 Å². The minimum atomic E-state index is 0.799. The van der Waals surface area contributed by atoms with Crippen LogP contribution in [0.15, 0.2) is 29.8 Å². The fraction of sp³-hybridized carbons (Fsp3) is 0.579. The zero-order valence-electron chi connectivity index (χ0n) is 13.1. The number of aryl methyl sites for hydroxylation is 1. The van der Waals surface area contributed by atoms with Gasteiger partial charge >= 0.3 is 0 Å². The van der Waals surface area contributed by atoms with Crippen LogP contribution in [0.25, 0.3) is 6.08 Å². The van der Waals surface area contributed by atoms with Crippen LogP contribution >= 0.6 is 0 Å². The predicted molar refractivity (Wildman–Crippen MR) is 88.9 cm³/mol. The van der Waals surface area contributed by atoms with E-state index in [4.69, 9.17) is 0 Å². The molecular weight excluding hydrogens is 242 g/mol. The van der Waals surface area contributed by atoms with Gasteiger partial charge in [-0.1, -0.05) is 62.1 Å². The molecule has 1 nitrogen and oxygen atoms in total. The van der Waals surface area contributed by atoms with Crippen LogP contribution in [0.4, 0.5) is 0 Å². The predicted octanol–water partition coefficient (Wildman–Crippen LogP) is 4.96. The maximum Gasteiger partial charge on any atom is 0.0170 e. The summed E-state index contributed by atoms with van der Waals surface area (Å²) >= 11 is 0. The number of nitrogens with one attached hydrogen (secondary N) is 1. The van der Waals surface area contributed by atoms with Gasteiger partial charge in [0.1, 0.15) is 0 Å². The van der Waals surface area contributed by atoms with Crippen molar-refractivity contribution in [2.24, 2.45) is 5.92 Å². The van der Waals surface area contributed by atoms with E-state index in [1.54, 1.807) is 5.57 Å². The fourth-order valence-corrected chi connectivity index (χ4v) is 3.14. The average Bonchev–Trinajstić information content (AvgIpc) is 2.49. The Labute approximate surface area is 124 Å². The van der Waals surface area contributed by atoms with Crippen LogP contribution in [-0.2, 0) is 0 Å². The lowest BCUT2D eigenvalue weighted by Crippen LogP contribution is -2.23. The molecule has 1 N–H and O–H groups in total. The average molecular weight is 271 g/mol. The molecule has 0 spiro atoms. The molecule has 0 aliphatic heterocycles. The maximum absolute atomic E-state index is 3.60. The molecule has 0 radical (unpaired) electrons. The van der Waals surface area contributed by atoms with E-state index in [1.165, 1.54) is 49.7 Å². The molecular formula is C19H29N. The smallest absolute Gasteiger partial charge is 0.0170 e. The lowest BCUT2D eigenvalue weighted by Gasteiger charge is -2.25. The zero-order valence-corrected chi connectivity index (χ0v) is 13.1. The summed E-state index contributed by atoms with van der Waals surface area (Å²) in [5.74, 6) is 0.799. The Morgan fingerprint density at radius 2 is 1.95 bits per heavy atom. The molecule has 0 amide bonds. The molecule has 1 saturated carbocycles. The summed E-state index contributed by atoms with van der Waals surface area (Å²) in [5, 5.41) is 3.60. The van der Waals surface area contributed by atoms with Gasteiger partial charge in [0.2, 0.25) is 0 Å². The summed E-state index contributed by atoms with van der Waals surface area (Å²) in [6.07, 6.45) is 10.7. The summed E-state index contributed by atoms with van der Waals surface area (Å²) in [7, 11) is 0. The van der Waals surface area contributed by atoms with Gasteiger partial charge in [-0.05, 0) is 49.8 Å². The second-order valence-electron chi connectivity index (χ2n) is 6.09.